The van der Waals surface area contributed by atoms with Gasteiger partial charge in [-0.15, -0.1) is 0 Å². The topological polar surface area (TPSA) is 77.7 Å². The lowest BCUT2D eigenvalue weighted by Crippen LogP contribution is -2.38. The minimum Gasteiger partial charge on any atom is -0.412 e. The fraction of sp³-hybridized carbons (Fsp3) is 1.00. The molecule has 102 valence electrons. The predicted molar refractivity (Wildman–Crippen MR) is 67.8 cm³/mol. The van der Waals surface area contributed by atoms with Crippen LogP contribution in [0.5, 0.6) is 0 Å². The van der Waals surface area contributed by atoms with E-state index in [4.69, 9.17) is 22.1 Å². The fourth-order valence-corrected chi connectivity index (χ4v) is 1.00. The van der Waals surface area contributed by atoms with Crippen LogP contribution in [0.4, 0.5) is 0 Å². The van der Waals surface area contributed by atoms with Gasteiger partial charge in [0.25, 0.3) is 0 Å². The van der Waals surface area contributed by atoms with Crippen molar-refractivity contribution in [2.45, 2.75) is 19.6 Å². The summed E-state index contributed by atoms with van der Waals surface area (Å²) in [5.41, 5.74) is 0. The van der Waals surface area contributed by atoms with Gasteiger partial charge in [0.2, 0.25) is 0 Å². The molecule has 8 heteroatoms. The van der Waals surface area contributed by atoms with Crippen LogP contribution < -0.4 is 0 Å². The second kappa shape index (κ2) is 10.4. The Balaban J connectivity index is -0.000000200. The highest BCUT2D eigenvalue weighted by molar-refractivity contribution is 6.64. The van der Waals surface area contributed by atoms with Crippen molar-refractivity contribution in [1.82, 2.24) is 0 Å². The molecule has 0 rings (SSSR count). The van der Waals surface area contributed by atoms with E-state index in [2.05, 4.69) is 0 Å². The minimum atomic E-state index is -2.17. The van der Waals surface area contributed by atoms with Crippen molar-refractivity contribution < 1.29 is 27.6 Å². The van der Waals surface area contributed by atoms with Crippen LogP contribution in [0.3, 0.4) is 0 Å². The molecule has 0 aliphatic heterocycles. The molecule has 0 spiro atoms. The second-order valence-corrected chi connectivity index (χ2v) is 9.85. The molecular weight excluding hydrogens is 248 g/mol. The predicted octanol–water partition coefficient (Wildman–Crippen LogP) is 0.651. The van der Waals surface area contributed by atoms with Gasteiger partial charge in [-0.05, 0) is 13.1 Å². The molecule has 0 radical (unpaired) electrons. The van der Waals surface area contributed by atoms with Crippen LogP contribution in [0.15, 0.2) is 0 Å². The first-order chi connectivity index (χ1) is 6.80. The van der Waals surface area contributed by atoms with Gasteiger partial charge >= 0.3 is 17.4 Å². The van der Waals surface area contributed by atoms with Crippen LogP contribution in [-0.4, -0.2) is 58.4 Å². The van der Waals surface area contributed by atoms with E-state index in [0.29, 0.717) is 0 Å². The molecule has 0 saturated carbocycles. The Hall–Kier alpha value is 0.194. The third kappa shape index (κ3) is 10.7. The Morgan fingerprint density at radius 1 is 0.562 bits per heavy atom. The molecule has 0 aromatic carbocycles. The van der Waals surface area contributed by atoms with Crippen LogP contribution in [-0.2, 0) is 22.1 Å². The molecule has 0 aliphatic rings. The van der Waals surface area contributed by atoms with Gasteiger partial charge in [-0.2, -0.15) is 0 Å². The minimum absolute atomic E-state index is 0. The summed E-state index contributed by atoms with van der Waals surface area (Å²) in [4.78, 5) is 0. The van der Waals surface area contributed by atoms with E-state index in [1.165, 1.54) is 0 Å². The maximum Gasteiger partial charge on any atom is 0.496 e. The SMILES string of the molecule is CO[Si](C)(C)OC.CO[Si](C)(OC)OC.O. The van der Waals surface area contributed by atoms with Crippen molar-refractivity contribution in [2.75, 3.05) is 35.5 Å². The average Bonchev–Trinajstić information content (AvgIpc) is 2.29. The van der Waals surface area contributed by atoms with Gasteiger partial charge in [0.05, 0.1) is 0 Å². The molecule has 16 heavy (non-hydrogen) atoms. The molecule has 0 aliphatic carbocycles. The molecule has 0 bridgehead atoms. The van der Waals surface area contributed by atoms with E-state index in [1.54, 1.807) is 35.5 Å². The van der Waals surface area contributed by atoms with Crippen LogP contribution in [0.25, 0.3) is 0 Å². The van der Waals surface area contributed by atoms with Gasteiger partial charge in [-0.3, -0.25) is 0 Å². The van der Waals surface area contributed by atoms with E-state index < -0.39 is 17.4 Å². The van der Waals surface area contributed by atoms with Gasteiger partial charge in [-0.1, -0.05) is 0 Å². The van der Waals surface area contributed by atoms with Crippen LogP contribution in [0, 0.1) is 0 Å². The molecule has 6 nitrogen and oxygen atoms in total. The Morgan fingerprint density at radius 2 is 0.812 bits per heavy atom. The summed E-state index contributed by atoms with van der Waals surface area (Å²) in [7, 11) is 4.28. The summed E-state index contributed by atoms with van der Waals surface area (Å²) in [5.74, 6) is 0. The van der Waals surface area contributed by atoms with Crippen molar-refractivity contribution in [3.05, 3.63) is 0 Å². The Bertz CT molecular complexity index is 137. The van der Waals surface area contributed by atoms with E-state index >= 15 is 0 Å². The highest BCUT2D eigenvalue weighted by Crippen LogP contribution is 2.02. The van der Waals surface area contributed by atoms with E-state index in [0.717, 1.165) is 0 Å². The van der Waals surface area contributed by atoms with Crippen LogP contribution in [0.2, 0.25) is 19.6 Å². The lowest BCUT2D eigenvalue weighted by atomic mass is 11.8. The highest BCUT2D eigenvalue weighted by atomic mass is 28.4. The molecular formula is C8H26O6Si2. The third-order valence-corrected chi connectivity index (χ3v) is 6.29. The Morgan fingerprint density at radius 3 is 0.812 bits per heavy atom. The molecule has 0 unspecified atom stereocenters. The molecule has 2 N–H and O–H groups in total. The van der Waals surface area contributed by atoms with Gasteiger partial charge in [-0.25, -0.2) is 0 Å². The first kappa shape index (κ1) is 21.5. The monoisotopic (exact) mass is 274 g/mol. The molecule has 0 aromatic rings. The fourth-order valence-electron chi connectivity index (χ4n) is 0.333. The maximum atomic E-state index is 5.00. The first-order valence-electron chi connectivity index (χ1n) is 4.56. The normalized spacial score (nSPS) is 11.2. The summed E-state index contributed by atoms with van der Waals surface area (Å²) >= 11 is 0. The standard InChI is InChI=1S/C4H12O3Si.C4H12O2Si.H2O/c1-5-8(4,6-2)7-3;1-5-7(3,4)6-2;/h1-4H3;1-4H3;1H2. The van der Waals surface area contributed by atoms with Gasteiger partial charge < -0.3 is 27.6 Å². The zero-order valence-electron chi connectivity index (χ0n) is 11.5. The number of rotatable bonds is 5. The summed E-state index contributed by atoms with van der Waals surface area (Å²) in [6, 6.07) is 0. The molecule has 0 amide bonds. The largest absolute Gasteiger partial charge is 0.496 e. The second-order valence-electron chi connectivity index (χ2n) is 3.28. The van der Waals surface area contributed by atoms with Gasteiger partial charge in [0.1, 0.15) is 0 Å². The molecule has 0 atom stereocenters. The first-order valence-corrected chi connectivity index (χ1v) is 9.60. The highest BCUT2D eigenvalue weighted by Gasteiger charge is 2.29. The summed E-state index contributed by atoms with van der Waals surface area (Å²) in [5, 5.41) is 0. The molecule has 0 saturated heterocycles. The quantitative estimate of drug-likeness (QED) is 0.688. The Kier molecular flexibility index (Phi) is 13.9. The molecule has 0 aromatic heterocycles. The van der Waals surface area contributed by atoms with Gasteiger partial charge in [0.15, 0.2) is 0 Å². The van der Waals surface area contributed by atoms with Crippen molar-refractivity contribution in [3.8, 4) is 0 Å². The van der Waals surface area contributed by atoms with Crippen LogP contribution in [0.1, 0.15) is 0 Å². The zero-order chi connectivity index (χ0) is 12.5. The lowest BCUT2D eigenvalue weighted by molar-refractivity contribution is 0.132. The van der Waals surface area contributed by atoms with Gasteiger partial charge in [0, 0.05) is 42.1 Å². The van der Waals surface area contributed by atoms with Crippen molar-refractivity contribution in [1.29, 1.82) is 0 Å². The number of hydrogen-bond acceptors (Lipinski definition) is 5. The Labute approximate surface area is 101 Å². The smallest absolute Gasteiger partial charge is 0.412 e. The van der Waals surface area contributed by atoms with Crippen LogP contribution >= 0.6 is 0 Å². The van der Waals surface area contributed by atoms with E-state index in [-0.39, 0.29) is 5.48 Å². The molecule has 0 fully saturated rings. The third-order valence-electron chi connectivity index (χ3n) is 2.10. The van der Waals surface area contributed by atoms with E-state index in [1.807, 2.05) is 19.6 Å². The zero-order valence-corrected chi connectivity index (χ0v) is 13.5. The van der Waals surface area contributed by atoms with Crippen molar-refractivity contribution in [2.24, 2.45) is 0 Å². The number of hydrogen-bond donors (Lipinski definition) is 0. The molecule has 0 heterocycles. The van der Waals surface area contributed by atoms with E-state index in [9.17, 15) is 0 Å². The van der Waals surface area contributed by atoms with Crippen molar-refractivity contribution >= 4 is 17.4 Å². The summed E-state index contributed by atoms with van der Waals surface area (Å²) < 4.78 is 24.8. The van der Waals surface area contributed by atoms with Crippen molar-refractivity contribution in [3.63, 3.8) is 0 Å². The average molecular weight is 274 g/mol. The summed E-state index contributed by atoms with van der Waals surface area (Å²) in [6.07, 6.45) is 0. The maximum absolute atomic E-state index is 5.00. The summed E-state index contributed by atoms with van der Waals surface area (Å²) in [6.45, 7) is 5.81. The lowest BCUT2D eigenvalue weighted by Gasteiger charge is -2.18.